The van der Waals surface area contributed by atoms with Gasteiger partial charge in [0.15, 0.2) is 0 Å². The van der Waals surface area contributed by atoms with Crippen LogP contribution in [0.15, 0.2) is 30.6 Å². The van der Waals surface area contributed by atoms with E-state index in [1.807, 2.05) is 0 Å². The smallest absolute Gasteiger partial charge is 0.329 e. The van der Waals surface area contributed by atoms with Crippen LogP contribution in [0.3, 0.4) is 0 Å². The predicted molar refractivity (Wildman–Crippen MR) is 82.9 cm³/mol. The number of hydrogen-bond acceptors (Lipinski definition) is 4. The van der Waals surface area contributed by atoms with Crippen LogP contribution in [0.4, 0.5) is 29.6 Å². The first-order valence-corrected chi connectivity index (χ1v) is 7.17. The number of carbonyl (C=O) groups excluding carboxylic acids is 2. The maximum atomic E-state index is 12.0. The number of aromatic nitrogens is 2. The van der Waals surface area contributed by atoms with Crippen LogP contribution in [-0.4, -0.2) is 34.6 Å². The third-order valence-corrected chi connectivity index (χ3v) is 3.42. The molecule has 0 saturated carbocycles. The number of halogens is 3. The Morgan fingerprint density at radius 3 is 2.72 bits per heavy atom. The van der Waals surface area contributed by atoms with Crippen molar-refractivity contribution in [3.05, 3.63) is 36.2 Å². The van der Waals surface area contributed by atoms with E-state index < -0.39 is 18.8 Å². The molecule has 3 N–H and O–H groups in total. The summed E-state index contributed by atoms with van der Waals surface area (Å²) in [7, 11) is 0. The van der Waals surface area contributed by atoms with E-state index in [9.17, 15) is 22.8 Å². The summed E-state index contributed by atoms with van der Waals surface area (Å²) in [5.41, 5.74) is 2.21. The maximum Gasteiger partial charge on any atom is 0.405 e. The van der Waals surface area contributed by atoms with Crippen molar-refractivity contribution < 1.29 is 22.8 Å². The summed E-state index contributed by atoms with van der Waals surface area (Å²) in [6.07, 6.45) is -1.27. The average Bonchev–Trinajstić information content (AvgIpc) is 2.93. The molecule has 0 atom stereocenters. The van der Waals surface area contributed by atoms with E-state index in [2.05, 4.69) is 20.6 Å². The van der Waals surface area contributed by atoms with Crippen LogP contribution in [0.25, 0.3) is 11.1 Å². The molecule has 0 unspecified atom stereocenters. The molecule has 130 valence electrons. The molecule has 0 fully saturated rings. The van der Waals surface area contributed by atoms with Crippen LogP contribution in [0.5, 0.6) is 0 Å². The number of nitrogens with one attached hydrogen (secondary N) is 3. The lowest BCUT2D eigenvalue weighted by Crippen LogP contribution is -2.36. The molecule has 0 radical (unpaired) electrons. The number of anilines is 2. The molecule has 25 heavy (non-hydrogen) atoms. The van der Waals surface area contributed by atoms with Crippen LogP contribution in [-0.2, 0) is 11.2 Å². The quantitative estimate of drug-likeness (QED) is 0.791. The molecular weight excluding hydrogens is 339 g/mol. The van der Waals surface area contributed by atoms with Gasteiger partial charge >= 0.3 is 12.2 Å². The number of nitrogens with zero attached hydrogens (tertiary/aromatic N) is 2. The number of amides is 3. The lowest BCUT2D eigenvalue weighted by atomic mass is 10.0. The van der Waals surface area contributed by atoms with E-state index >= 15 is 0 Å². The second-order valence-corrected chi connectivity index (χ2v) is 5.27. The van der Waals surface area contributed by atoms with Gasteiger partial charge in [-0.15, -0.1) is 0 Å². The lowest BCUT2D eigenvalue weighted by Gasteiger charge is -2.10. The van der Waals surface area contributed by atoms with Crippen LogP contribution in [0.2, 0.25) is 0 Å². The Morgan fingerprint density at radius 2 is 2.04 bits per heavy atom. The number of fused-ring (bicyclic) bond motifs is 1. The van der Waals surface area contributed by atoms with Crippen molar-refractivity contribution in [3.63, 3.8) is 0 Å². The van der Waals surface area contributed by atoms with Crippen LogP contribution in [0.1, 0.15) is 5.56 Å². The van der Waals surface area contributed by atoms with Crippen molar-refractivity contribution in [1.82, 2.24) is 15.3 Å². The first kappa shape index (κ1) is 16.7. The summed E-state index contributed by atoms with van der Waals surface area (Å²) < 4.78 is 36.1. The highest BCUT2D eigenvalue weighted by Gasteiger charge is 2.27. The van der Waals surface area contributed by atoms with Gasteiger partial charge in [-0.3, -0.25) is 10.1 Å². The van der Waals surface area contributed by atoms with Gasteiger partial charge in [-0.1, -0.05) is 0 Å². The first-order valence-electron chi connectivity index (χ1n) is 7.17. The van der Waals surface area contributed by atoms with Gasteiger partial charge in [0.05, 0.1) is 6.42 Å². The van der Waals surface area contributed by atoms with E-state index in [-0.39, 0.29) is 18.1 Å². The highest BCUT2D eigenvalue weighted by Crippen LogP contribution is 2.31. The fourth-order valence-electron chi connectivity index (χ4n) is 2.35. The molecule has 3 heterocycles. The van der Waals surface area contributed by atoms with E-state index in [1.165, 1.54) is 12.3 Å². The Kier molecular flexibility index (Phi) is 4.26. The van der Waals surface area contributed by atoms with Crippen LogP contribution in [0, 0.1) is 0 Å². The number of rotatable bonds is 3. The number of urea groups is 1. The standard InChI is InChI=1S/C15H12F3N5O2/c16-15(17,18)7-21-14(25)22-11-2-1-8(6-20-11)9-3-4-19-13-10(9)5-12(24)23-13/h1-4,6H,5,7H2,(H,19,23,24)(H2,20,21,22,25). The minimum Gasteiger partial charge on any atom is -0.329 e. The molecule has 1 aliphatic heterocycles. The van der Waals surface area contributed by atoms with Gasteiger partial charge in [-0.05, 0) is 23.8 Å². The Balaban J connectivity index is 1.71. The maximum absolute atomic E-state index is 12.0. The SMILES string of the molecule is O=C1Cc2c(-c3ccc(NC(=O)NCC(F)(F)F)nc3)ccnc2N1. The van der Waals surface area contributed by atoms with Crippen molar-refractivity contribution in [2.24, 2.45) is 0 Å². The molecule has 2 aromatic heterocycles. The highest BCUT2D eigenvalue weighted by atomic mass is 19.4. The van der Waals surface area contributed by atoms with Gasteiger partial charge in [0, 0.05) is 23.5 Å². The Bertz CT molecular complexity index is 821. The van der Waals surface area contributed by atoms with E-state index in [0.29, 0.717) is 11.4 Å². The van der Waals surface area contributed by atoms with Gasteiger partial charge < -0.3 is 10.6 Å². The summed E-state index contributed by atoms with van der Waals surface area (Å²) in [5.74, 6) is 0.446. The Morgan fingerprint density at radius 1 is 1.24 bits per heavy atom. The molecule has 0 aromatic carbocycles. The summed E-state index contributed by atoms with van der Waals surface area (Å²) >= 11 is 0. The third-order valence-electron chi connectivity index (χ3n) is 3.42. The second kappa shape index (κ2) is 6.38. The normalized spacial score (nSPS) is 13.2. The first-order chi connectivity index (χ1) is 11.8. The zero-order chi connectivity index (χ0) is 18.0. The van der Waals surface area contributed by atoms with Gasteiger partial charge in [0.25, 0.3) is 0 Å². The molecule has 10 heteroatoms. The average molecular weight is 351 g/mol. The van der Waals surface area contributed by atoms with Crippen molar-refractivity contribution in [2.75, 3.05) is 17.2 Å². The van der Waals surface area contributed by atoms with Gasteiger partial charge in [0.1, 0.15) is 18.2 Å². The molecular formula is C15H12F3N5O2. The Hall–Kier alpha value is -3.17. The summed E-state index contributed by atoms with van der Waals surface area (Å²) in [6.45, 7) is -1.43. The summed E-state index contributed by atoms with van der Waals surface area (Å²) in [6, 6.07) is 3.83. The molecule has 3 rings (SSSR count). The van der Waals surface area contributed by atoms with E-state index in [4.69, 9.17) is 0 Å². The predicted octanol–water partition coefficient (Wildman–Crippen LogP) is 2.32. The topological polar surface area (TPSA) is 96.0 Å². The highest BCUT2D eigenvalue weighted by molar-refractivity contribution is 6.00. The molecule has 0 saturated heterocycles. The molecule has 1 aliphatic rings. The lowest BCUT2D eigenvalue weighted by molar-refractivity contribution is -0.122. The number of pyridine rings is 2. The minimum absolute atomic E-state index is 0.100. The van der Waals surface area contributed by atoms with Crippen LogP contribution < -0.4 is 16.0 Å². The van der Waals surface area contributed by atoms with Gasteiger partial charge in [-0.2, -0.15) is 13.2 Å². The van der Waals surface area contributed by atoms with Crippen molar-refractivity contribution >= 4 is 23.6 Å². The van der Waals surface area contributed by atoms with Crippen molar-refractivity contribution in [1.29, 1.82) is 0 Å². The molecule has 7 nitrogen and oxygen atoms in total. The zero-order valence-electron chi connectivity index (χ0n) is 12.6. The largest absolute Gasteiger partial charge is 0.405 e. The number of hydrogen-bond donors (Lipinski definition) is 3. The summed E-state index contributed by atoms with van der Waals surface area (Å²) in [5, 5.41) is 6.54. The van der Waals surface area contributed by atoms with Crippen molar-refractivity contribution in [3.8, 4) is 11.1 Å². The third kappa shape index (κ3) is 4.03. The molecule has 2 aromatic rings. The van der Waals surface area contributed by atoms with E-state index in [1.54, 1.807) is 23.6 Å². The van der Waals surface area contributed by atoms with Gasteiger partial charge in [0.2, 0.25) is 5.91 Å². The number of carbonyl (C=O) groups is 2. The monoisotopic (exact) mass is 351 g/mol. The van der Waals surface area contributed by atoms with Gasteiger partial charge in [-0.25, -0.2) is 14.8 Å². The van der Waals surface area contributed by atoms with Crippen molar-refractivity contribution in [2.45, 2.75) is 12.6 Å². The minimum atomic E-state index is -4.48. The molecule has 0 aliphatic carbocycles. The van der Waals surface area contributed by atoms with Crippen LogP contribution >= 0.6 is 0 Å². The number of alkyl halides is 3. The van der Waals surface area contributed by atoms with E-state index in [0.717, 1.165) is 11.1 Å². The fraction of sp³-hybridized carbons (Fsp3) is 0.200. The zero-order valence-corrected chi connectivity index (χ0v) is 12.6. The molecule has 0 spiro atoms. The molecule has 0 bridgehead atoms. The Labute approximate surface area is 139 Å². The summed E-state index contributed by atoms with van der Waals surface area (Å²) in [4.78, 5) is 31.0. The molecule has 3 amide bonds. The second-order valence-electron chi connectivity index (χ2n) is 5.27. The fourth-order valence-corrected chi connectivity index (χ4v) is 2.35.